The van der Waals surface area contributed by atoms with E-state index < -0.39 is 15.9 Å². The van der Waals surface area contributed by atoms with Crippen molar-refractivity contribution in [2.75, 3.05) is 11.5 Å². The summed E-state index contributed by atoms with van der Waals surface area (Å²) in [5.74, 6) is -0.193. The largest absolute Gasteiger partial charge is 0.392 e. The quantitative estimate of drug-likeness (QED) is 0.727. The molecule has 92 valence electrons. The molecule has 0 amide bonds. The monoisotopic (exact) mass is 246 g/mol. The highest BCUT2D eigenvalue weighted by molar-refractivity contribution is 7.91. The van der Waals surface area contributed by atoms with E-state index in [1.165, 1.54) is 0 Å². The van der Waals surface area contributed by atoms with E-state index in [1.807, 2.05) is 0 Å². The number of carbonyl (C=O) groups is 1. The second-order valence-corrected chi connectivity index (χ2v) is 7.41. The Kier molecular flexibility index (Phi) is 3.09. The summed E-state index contributed by atoms with van der Waals surface area (Å²) >= 11 is 0. The number of aliphatic hydroxyl groups excluding tert-OH is 1. The highest BCUT2D eigenvalue weighted by atomic mass is 32.2. The van der Waals surface area contributed by atoms with Gasteiger partial charge in [0.25, 0.3) is 0 Å². The molecule has 4 nitrogen and oxygen atoms in total. The van der Waals surface area contributed by atoms with Crippen LogP contribution in [0.5, 0.6) is 0 Å². The Morgan fingerprint density at radius 3 is 2.56 bits per heavy atom. The molecule has 0 aromatic heterocycles. The van der Waals surface area contributed by atoms with Gasteiger partial charge in [-0.15, -0.1) is 0 Å². The molecule has 1 N–H and O–H groups in total. The standard InChI is InChI=1S/C11H18O4S/c1-7-2-3-10(12)8(4-7)9-5-16(14,15)6-11(9)13/h7-9,11,13H,2-6H2,1H3. The van der Waals surface area contributed by atoms with E-state index >= 15 is 0 Å². The zero-order chi connectivity index (χ0) is 11.9. The minimum atomic E-state index is -3.14. The minimum Gasteiger partial charge on any atom is -0.392 e. The van der Waals surface area contributed by atoms with E-state index in [-0.39, 0.29) is 29.1 Å². The fourth-order valence-electron chi connectivity index (χ4n) is 2.91. The van der Waals surface area contributed by atoms with Crippen LogP contribution in [0.3, 0.4) is 0 Å². The lowest BCUT2D eigenvalue weighted by Crippen LogP contribution is -2.35. The molecule has 16 heavy (non-hydrogen) atoms. The highest BCUT2D eigenvalue weighted by Gasteiger charge is 2.44. The lowest BCUT2D eigenvalue weighted by Gasteiger charge is -2.30. The van der Waals surface area contributed by atoms with Crippen LogP contribution in [-0.4, -0.2) is 36.9 Å². The van der Waals surface area contributed by atoms with E-state index in [0.29, 0.717) is 12.3 Å². The summed E-state index contributed by atoms with van der Waals surface area (Å²) in [5, 5.41) is 9.75. The number of carbonyl (C=O) groups excluding carboxylic acids is 1. The van der Waals surface area contributed by atoms with Crippen molar-refractivity contribution in [1.82, 2.24) is 0 Å². The fraction of sp³-hybridized carbons (Fsp3) is 0.909. The first-order valence-corrected chi connectivity index (χ1v) is 7.62. The van der Waals surface area contributed by atoms with Crippen LogP contribution in [0.15, 0.2) is 0 Å². The molecule has 0 aromatic carbocycles. The van der Waals surface area contributed by atoms with Gasteiger partial charge in [-0.2, -0.15) is 0 Å². The summed E-state index contributed by atoms with van der Waals surface area (Å²) in [6, 6.07) is 0. The number of sulfone groups is 1. The van der Waals surface area contributed by atoms with Crippen molar-refractivity contribution in [3.8, 4) is 0 Å². The van der Waals surface area contributed by atoms with Gasteiger partial charge < -0.3 is 5.11 Å². The molecule has 1 saturated heterocycles. The summed E-state index contributed by atoms with van der Waals surface area (Å²) in [5.41, 5.74) is 0. The number of ketones is 1. The smallest absolute Gasteiger partial charge is 0.153 e. The molecule has 0 radical (unpaired) electrons. The summed E-state index contributed by atoms with van der Waals surface area (Å²) in [4.78, 5) is 11.8. The maximum Gasteiger partial charge on any atom is 0.153 e. The van der Waals surface area contributed by atoms with Crippen LogP contribution >= 0.6 is 0 Å². The summed E-state index contributed by atoms with van der Waals surface area (Å²) in [7, 11) is -3.14. The molecule has 2 fully saturated rings. The molecule has 0 aromatic rings. The molecule has 4 unspecified atom stereocenters. The third kappa shape index (κ3) is 2.30. The van der Waals surface area contributed by atoms with Crippen molar-refractivity contribution in [3.05, 3.63) is 0 Å². The van der Waals surface area contributed by atoms with Crippen LogP contribution in [0.25, 0.3) is 0 Å². The number of aliphatic hydroxyl groups is 1. The first-order chi connectivity index (χ1) is 7.39. The summed E-state index contributed by atoms with van der Waals surface area (Å²) in [6.07, 6.45) is 1.32. The zero-order valence-electron chi connectivity index (χ0n) is 9.43. The van der Waals surface area contributed by atoms with Crippen molar-refractivity contribution in [3.63, 3.8) is 0 Å². The molecule has 1 aliphatic carbocycles. The Balaban J connectivity index is 2.15. The van der Waals surface area contributed by atoms with Crippen LogP contribution in [-0.2, 0) is 14.6 Å². The maximum absolute atomic E-state index is 11.8. The van der Waals surface area contributed by atoms with Crippen molar-refractivity contribution in [2.45, 2.75) is 32.3 Å². The number of hydrogen-bond donors (Lipinski definition) is 1. The molecule has 1 heterocycles. The third-order valence-electron chi connectivity index (χ3n) is 3.84. The zero-order valence-corrected chi connectivity index (χ0v) is 10.2. The van der Waals surface area contributed by atoms with Crippen molar-refractivity contribution in [1.29, 1.82) is 0 Å². The summed E-state index contributed by atoms with van der Waals surface area (Å²) in [6.45, 7) is 2.08. The van der Waals surface area contributed by atoms with Crippen molar-refractivity contribution >= 4 is 15.6 Å². The van der Waals surface area contributed by atoms with Gasteiger partial charge in [0, 0.05) is 18.3 Å². The van der Waals surface area contributed by atoms with Gasteiger partial charge in [0.2, 0.25) is 0 Å². The molecule has 0 spiro atoms. The summed E-state index contributed by atoms with van der Waals surface area (Å²) < 4.78 is 22.8. The minimum absolute atomic E-state index is 0.0166. The average Bonchev–Trinajstić information content (AvgIpc) is 2.44. The SMILES string of the molecule is CC1CCC(=O)C(C2CS(=O)(=O)CC2O)C1. The van der Waals surface area contributed by atoms with Crippen molar-refractivity contribution in [2.24, 2.45) is 17.8 Å². The first-order valence-electron chi connectivity index (χ1n) is 5.80. The molecule has 2 aliphatic rings. The van der Waals surface area contributed by atoms with Gasteiger partial charge >= 0.3 is 0 Å². The van der Waals surface area contributed by atoms with Crippen LogP contribution in [0.2, 0.25) is 0 Å². The van der Waals surface area contributed by atoms with E-state index in [2.05, 4.69) is 6.92 Å². The lowest BCUT2D eigenvalue weighted by molar-refractivity contribution is -0.128. The second kappa shape index (κ2) is 4.11. The first kappa shape index (κ1) is 12.0. The number of Topliss-reactive ketones (excluding diaryl/α,β-unsaturated/α-hetero) is 1. The molecule has 2 rings (SSSR count). The second-order valence-electron chi connectivity index (χ2n) is 5.26. The molecule has 1 saturated carbocycles. The van der Waals surface area contributed by atoms with Crippen molar-refractivity contribution < 1.29 is 18.3 Å². The molecule has 0 bridgehead atoms. The topological polar surface area (TPSA) is 71.4 Å². The van der Waals surface area contributed by atoms with Crippen LogP contribution in [0.1, 0.15) is 26.2 Å². The van der Waals surface area contributed by atoms with Crippen LogP contribution in [0, 0.1) is 17.8 Å². The van der Waals surface area contributed by atoms with E-state index in [9.17, 15) is 18.3 Å². The molecular weight excluding hydrogens is 228 g/mol. The predicted octanol–water partition coefficient (Wildman–Crippen LogP) is 0.397. The molecule has 4 atom stereocenters. The maximum atomic E-state index is 11.8. The van der Waals surface area contributed by atoms with E-state index in [0.717, 1.165) is 12.8 Å². The van der Waals surface area contributed by atoms with Crippen LogP contribution in [0.4, 0.5) is 0 Å². The van der Waals surface area contributed by atoms with Crippen LogP contribution < -0.4 is 0 Å². The number of hydrogen-bond acceptors (Lipinski definition) is 4. The Morgan fingerprint density at radius 2 is 2.00 bits per heavy atom. The Morgan fingerprint density at radius 1 is 1.31 bits per heavy atom. The molecule has 5 heteroatoms. The number of rotatable bonds is 1. The molecular formula is C11H18O4S. The third-order valence-corrected chi connectivity index (χ3v) is 5.58. The van der Waals surface area contributed by atoms with E-state index in [1.54, 1.807) is 0 Å². The average molecular weight is 246 g/mol. The fourth-order valence-corrected chi connectivity index (χ4v) is 4.86. The Hall–Kier alpha value is -0.420. The highest BCUT2D eigenvalue weighted by Crippen LogP contribution is 2.36. The predicted molar refractivity (Wildman–Crippen MR) is 59.7 cm³/mol. The normalized spacial score (nSPS) is 43.5. The van der Waals surface area contributed by atoms with Gasteiger partial charge in [-0.1, -0.05) is 6.92 Å². The van der Waals surface area contributed by atoms with Gasteiger partial charge in [0.1, 0.15) is 5.78 Å². The van der Waals surface area contributed by atoms with Gasteiger partial charge in [-0.25, -0.2) is 8.42 Å². The Bertz CT molecular complexity index is 387. The van der Waals surface area contributed by atoms with Gasteiger partial charge in [-0.05, 0) is 18.8 Å². The Labute approximate surface area is 96.0 Å². The van der Waals surface area contributed by atoms with Gasteiger partial charge in [-0.3, -0.25) is 4.79 Å². The van der Waals surface area contributed by atoms with Gasteiger partial charge in [0.15, 0.2) is 9.84 Å². The molecule has 1 aliphatic heterocycles. The lowest BCUT2D eigenvalue weighted by atomic mass is 9.74. The van der Waals surface area contributed by atoms with E-state index in [4.69, 9.17) is 0 Å². The van der Waals surface area contributed by atoms with Gasteiger partial charge in [0.05, 0.1) is 17.6 Å².